The van der Waals surface area contributed by atoms with Crippen molar-refractivity contribution in [2.24, 2.45) is 5.92 Å². The van der Waals surface area contributed by atoms with Gasteiger partial charge in [0.1, 0.15) is 0 Å². The summed E-state index contributed by atoms with van der Waals surface area (Å²) in [4.78, 5) is 15.6. The summed E-state index contributed by atoms with van der Waals surface area (Å²) in [7, 11) is 4.11. The van der Waals surface area contributed by atoms with Crippen LogP contribution in [0.4, 0.5) is 0 Å². The third kappa shape index (κ3) is 4.73. The summed E-state index contributed by atoms with van der Waals surface area (Å²) in [6, 6.07) is 1.89. The molecule has 1 rings (SSSR count). The Morgan fingerprint density at radius 1 is 1.62 bits per heavy atom. The molecule has 16 heavy (non-hydrogen) atoms. The van der Waals surface area contributed by atoms with E-state index in [2.05, 4.69) is 11.9 Å². The molecule has 0 amide bonds. The number of Topliss-reactive ketones (excluding diaryl/α,β-unsaturated/α-hetero) is 1. The smallest absolute Gasteiger partial charge is 0.160 e. The molecule has 0 N–H and O–H groups in total. The zero-order valence-electron chi connectivity index (χ0n) is 10.3. The molecule has 1 fully saturated rings. The van der Waals surface area contributed by atoms with Crippen LogP contribution >= 0.6 is 0 Å². The van der Waals surface area contributed by atoms with Crippen molar-refractivity contribution in [3.05, 3.63) is 0 Å². The molecule has 0 aromatic rings. The van der Waals surface area contributed by atoms with Gasteiger partial charge < -0.3 is 4.90 Å². The first-order valence-electron chi connectivity index (χ1n) is 5.87. The summed E-state index contributed by atoms with van der Waals surface area (Å²) in [6.07, 6.45) is 2.47. The highest BCUT2D eigenvalue weighted by Crippen LogP contribution is 2.17. The summed E-state index contributed by atoms with van der Waals surface area (Å²) < 4.78 is 0. The van der Waals surface area contributed by atoms with Crippen LogP contribution in [0.1, 0.15) is 19.3 Å². The van der Waals surface area contributed by atoms with Gasteiger partial charge in [0.25, 0.3) is 0 Å². The zero-order chi connectivity index (χ0) is 12.0. The lowest BCUT2D eigenvalue weighted by atomic mass is 10.0. The minimum atomic E-state index is 0.0218. The SMILES string of the molecule is CN(CCC1CCN(C)C1)CC(=O)CC#N. The van der Waals surface area contributed by atoms with Gasteiger partial charge >= 0.3 is 0 Å². The Morgan fingerprint density at radius 3 is 2.94 bits per heavy atom. The minimum Gasteiger partial charge on any atom is -0.306 e. The molecule has 1 heterocycles. The Kier molecular flexibility index (Phi) is 5.44. The first-order chi connectivity index (χ1) is 7.61. The summed E-state index contributed by atoms with van der Waals surface area (Å²) in [6.45, 7) is 3.74. The summed E-state index contributed by atoms with van der Waals surface area (Å²) in [5, 5.41) is 8.39. The van der Waals surface area contributed by atoms with Crippen molar-refractivity contribution in [1.29, 1.82) is 5.26 Å². The second-order valence-electron chi connectivity index (χ2n) is 4.82. The van der Waals surface area contributed by atoms with Gasteiger partial charge in [-0.05, 0) is 45.9 Å². The minimum absolute atomic E-state index is 0.0218. The van der Waals surface area contributed by atoms with E-state index >= 15 is 0 Å². The second-order valence-corrected chi connectivity index (χ2v) is 4.82. The van der Waals surface area contributed by atoms with Crippen LogP contribution < -0.4 is 0 Å². The van der Waals surface area contributed by atoms with E-state index in [0.717, 1.165) is 18.9 Å². The number of nitrogens with zero attached hydrogens (tertiary/aromatic N) is 3. The molecular weight excluding hydrogens is 202 g/mol. The Bertz CT molecular complexity index is 272. The average Bonchev–Trinajstić information content (AvgIpc) is 2.61. The van der Waals surface area contributed by atoms with Crippen LogP contribution in [0.5, 0.6) is 0 Å². The highest BCUT2D eigenvalue weighted by molar-refractivity contribution is 5.82. The second kappa shape index (κ2) is 6.62. The molecule has 1 atom stereocenters. The van der Waals surface area contributed by atoms with Crippen molar-refractivity contribution in [2.45, 2.75) is 19.3 Å². The number of carbonyl (C=O) groups is 1. The predicted octanol–water partition coefficient (Wildman–Crippen LogP) is 0.743. The zero-order valence-corrected chi connectivity index (χ0v) is 10.3. The van der Waals surface area contributed by atoms with Crippen LogP contribution in [-0.2, 0) is 4.79 Å². The van der Waals surface area contributed by atoms with Crippen molar-refractivity contribution >= 4 is 5.78 Å². The highest BCUT2D eigenvalue weighted by Gasteiger charge is 2.19. The van der Waals surface area contributed by atoms with Crippen molar-refractivity contribution in [2.75, 3.05) is 40.3 Å². The third-order valence-corrected chi connectivity index (χ3v) is 3.13. The molecule has 0 radical (unpaired) electrons. The van der Waals surface area contributed by atoms with Crippen LogP contribution in [0.15, 0.2) is 0 Å². The molecule has 0 saturated carbocycles. The number of hydrogen-bond acceptors (Lipinski definition) is 4. The number of likely N-dealkylation sites (N-methyl/N-ethyl adjacent to an activating group) is 1. The van der Waals surface area contributed by atoms with Gasteiger partial charge in [0.2, 0.25) is 0 Å². The molecule has 90 valence electrons. The Hall–Kier alpha value is -0.920. The maximum absolute atomic E-state index is 11.2. The van der Waals surface area contributed by atoms with Crippen molar-refractivity contribution < 1.29 is 4.79 Å². The molecule has 0 spiro atoms. The first kappa shape index (κ1) is 13.1. The fraction of sp³-hybridized carbons (Fsp3) is 0.833. The quantitative estimate of drug-likeness (QED) is 0.666. The van der Waals surface area contributed by atoms with Crippen LogP contribution in [0.25, 0.3) is 0 Å². The highest BCUT2D eigenvalue weighted by atomic mass is 16.1. The van der Waals surface area contributed by atoms with E-state index in [1.54, 1.807) is 0 Å². The van der Waals surface area contributed by atoms with Gasteiger partial charge in [0.05, 0.1) is 19.0 Å². The lowest BCUT2D eigenvalue weighted by Gasteiger charge is -2.17. The predicted molar refractivity (Wildman–Crippen MR) is 63.0 cm³/mol. The van der Waals surface area contributed by atoms with Gasteiger partial charge in [-0.3, -0.25) is 9.69 Å². The summed E-state index contributed by atoms with van der Waals surface area (Å²) in [5.41, 5.74) is 0. The van der Waals surface area contributed by atoms with E-state index in [9.17, 15) is 4.79 Å². The number of hydrogen-bond donors (Lipinski definition) is 0. The molecule has 1 unspecified atom stereocenters. The number of nitriles is 1. The van der Waals surface area contributed by atoms with Gasteiger partial charge in [-0.2, -0.15) is 5.26 Å². The Balaban J connectivity index is 2.13. The maximum Gasteiger partial charge on any atom is 0.160 e. The molecule has 0 bridgehead atoms. The van der Waals surface area contributed by atoms with Crippen molar-refractivity contribution in [1.82, 2.24) is 9.80 Å². The normalized spacial score (nSPS) is 21.2. The van der Waals surface area contributed by atoms with E-state index < -0.39 is 0 Å². The molecule has 1 aliphatic heterocycles. The van der Waals surface area contributed by atoms with E-state index in [1.165, 1.54) is 19.5 Å². The van der Waals surface area contributed by atoms with Gasteiger partial charge in [-0.15, -0.1) is 0 Å². The third-order valence-electron chi connectivity index (χ3n) is 3.13. The lowest BCUT2D eigenvalue weighted by Crippen LogP contribution is -2.28. The van der Waals surface area contributed by atoms with Gasteiger partial charge in [0, 0.05) is 6.54 Å². The van der Waals surface area contributed by atoms with Gasteiger partial charge in [-0.1, -0.05) is 0 Å². The molecule has 4 heteroatoms. The topological polar surface area (TPSA) is 47.3 Å². The number of carbonyl (C=O) groups excluding carboxylic acids is 1. The van der Waals surface area contributed by atoms with Gasteiger partial charge in [-0.25, -0.2) is 0 Å². The fourth-order valence-electron chi connectivity index (χ4n) is 2.19. The van der Waals surface area contributed by atoms with Crippen LogP contribution in [0, 0.1) is 17.2 Å². The maximum atomic E-state index is 11.2. The summed E-state index contributed by atoms with van der Waals surface area (Å²) >= 11 is 0. The Labute approximate surface area is 97.8 Å². The van der Waals surface area contributed by atoms with E-state index in [1.807, 2.05) is 18.0 Å². The van der Waals surface area contributed by atoms with Crippen LogP contribution in [0.2, 0.25) is 0 Å². The Morgan fingerprint density at radius 2 is 2.38 bits per heavy atom. The number of rotatable bonds is 6. The average molecular weight is 223 g/mol. The monoisotopic (exact) mass is 223 g/mol. The summed E-state index contributed by atoms with van der Waals surface area (Å²) in [5.74, 6) is 0.798. The molecular formula is C12H21N3O. The van der Waals surface area contributed by atoms with Gasteiger partial charge in [0.15, 0.2) is 5.78 Å². The molecule has 0 aromatic heterocycles. The fourth-order valence-corrected chi connectivity index (χ4v) is 2.19. The first-order valence-corrected chi connectivity index (χ1v) is 5.87. The standard InChI is InChI=1S/C12H21N3O/c1-14-7-4-11(9-14)5-8-15(2)10-12(16)3-6-13/h11H,3-5,7-10H2,1-2H3. The van der Waals surface area contributed by atoms with E-state index in [0.29, 0.717) is 6.54 Å². The molecule has 1 saturated heterocycles. The molecule has 0 aromatic carbocycles. The van der Waals surface area contributed by atoms with Crippen LogP contribution in [-0.4, -0.2) is 55.9 Å². The van der Waals surface area contributed by atoms with Crippen molar-refractivity contribution in [3.8, 4) is 6.07 Å². The lowest BCUT2D eigenvalue weighted by molar-refractivity contribution is -0.119. The largest absolute Gasteiger partial charge is 0.306 e. The number of likely N-dealkylation sites (tertiary alicyclic amines) is 1. The molecule has 1 aliphatic rings. The van der Waals surface area contributed by atoms with Crippen LogP contribution in [0.3, 0.4) is 0 Å². The van der Waals surface area contributed by atoms with E-state index in [4.69, 9.17) is 5.26 Å². The molecule has 0 aliphatic carbocycles. The van der Waals surface area contributed by atoms with Crippen molar-refractivity contribution in [3.63, 3.8) is 0 Å². The van der Waals surface area contributed by atoms with E-state index in [-0.39, 0.29) is 12.2 Å². The number of ketones is 1. The molecule has 4 nitrogen and oxygen atoms in total.